The average Bonchev–Trinajstić information content (AvgIpc) is 3.16. The van der Waals surface area contributed by atoms with Crippen molar-refractivity contribution in [2.45, 2.75) is 19.3 Å². The van der Waals surface area contributed by atoms with Crippen molar-refractivity contribution in [2.75, 3.05) is 32.1 Å². The average molecular weight is 375 g/mol. The molecular formula is C18H22N3O2PS. The smallest absolute Gasteiger partial charge is 0.262 e. The third-order valence-corrected chi connectivity index (χ3v) is 8.71. The summed E-state index contributed by atoms with van der Waals surface area (Å²) in [5.74, 6) is 1.13. The topological polar surface area (TPSA) is 41.2 Å². The Balaban J connectivity index is 1.84. The molecule has 0 radical (unpaired) electrons. The van der Waals surface area contributed by atoms with Gasteiger partial charge in [0.15, 0.2) is 5.76 Å². The molecule has 0 spiro atoms. The van der Waals surface area contributed by atoms with Gasteiger partial charge < -0.3 is 13.8 Å². The van der Waals surface area contributed by atoms with E-state index in [0.717, 1.165) is 29.8 Å². The van der Waals surface area contributed by atoms with Crippen LogP contribution in [-0.2, 0) is 16.3 Å². The van der Waals surface area contributed by atoms with Gasteiger partial charge in [-0.2, -0.15) is 0 Å². The molecule has 1 aromatic carbocycles. The van der Waals surface area contributed by atoms with Crippen molar-refractivity contribution in [3.8, 4) is 0 Å². The molecule has 0 saturated carbocycles. The summed E-state index contributed by atoms with van der Waals surface area (Å²) < 4.78 is 14.3. The maximum Gasteiger partial charge on any atom is 0.262 e. The zero-order valence-electron chi connectivity index (χ0n) is 14.5. The highest BCUT2D eigenvalue weighted by Crippen LogP contribution is 2.56. The molecule has 2 aliphatic rings. The Bertz CT molecular complexity index is 842. The van der Waals surface area contributed by atoms with Crippen LogP contribution in [0.3, 0.4) is 0 Å². The van der Waals surface area contributed by atoms with Gasteiger partial charge in [0.25, 0.3) is 5.90 Å². The van der Waals surface area contributed by atoms with Crippen LogP contribution < -0.4 is 10.2 Å². The predicted molar refractivity (Wildman–Crippen MR) is 106 cm³/mol. The third-order valence-electron chi connectivity index (χ3n) is 4.65. The fourth-order valence-corrected chi connectivity index (χ4v) is 6.79. The monoisotopic (exact) mass is 375 g/mol. The quantitative estimate of drug-likeness (QED) is 0.762. The highest BCUT2D eigenvalue weighted by atomic mass is 32.4. The van der Waals surface area contributed by atoms with Crippen LogP contribution in [0.1, 0.15) is 25.0 Å². The normalized spacial score (nSPS) is 23.5. The Hall–Kier alpha value is -1.62. The number of benzene rings is 1. The summed E-state index contributed by atoms with van der Waals surface area (Å²) in [4.78, 5) is 6.80. The second-order valence-electron chi connectivity index (χ2n) is 6.59. The summed E-state index contributed by atoms with van der Waals surface area (Å²) in [6.07, 6.45) is 2.86. The van der Waals surface area contributed by atoms with Crippen molar-refractivity contribution in [1.82, 2.24) is 4.67 Å². The molecule has 5 nitrogen and oxygen atoms in total. The zero-order valence-corrected chi connectivity index (χ0v) is 16.2. The molecule has 3 heterocycles. The summed E-state index contributed by atoms with van der Waals surface area (Å²) in [5.41, 5.74) is 2.00. The first-order valence-electron chi connectivity index (χ1n) is 8.57. The predicted octanol–water partition coefficient (Wildman–Crippen LogP) is 3.87. The fourth-order valence-electron chi connectivity index (χ4n) is 3.27. The van der Waals surface area contributed by atoms with Crippen molar-refractivity contribution in [3.05, 3.63) is 42.4 Å². The molecule has 4 rings (SSSR count). The van der Waals surface area contributed by atoms with Gasteiger partial charge in [0.05, 0.1) is 17.3 Å². The van der Waals surface area contributed by atoms with E-state index < -0.39 is 6.42 Å². The number of nitrogens with zero attached hydrogens (tertiary/aromatic N) is 3. The molecule has 1 fully saturated rings. The lowest BCUT2D eigenvalue weighted by atomic mass is 10.2. The van der Waals surface area contributed by atoms with Gasteiger partial charge in [0.1, 0.15) is 0 Å². The van der Waals surface area contributed by atoms with Crippen LogP contribution in [0, 0.1) is 0 Å². The Labute approximate surface area is 153 Å². The number of piperidine rings is 1. The van der Waals surface area contributed by atoms with Gasteiger partial charge in [0.2, 0.25) is 6.42 Å². The Morgan fingerprint density at radius 3 is 2.64 bits per heavy atom. The Morgan fingerprint density at radius 2 is 1.96 bits per heavy atom. The van der Waals surface area contributed by atoms with E-state index >= 15 is 0 Å². The lowest BCUT2D eigenvalue weighted by Gasteiger charge is -2.39. The molecule has 0 bridgehead atoms. The number of furan rings is 1. The van der Waals surface area contributed by atoms with Gasteiger partial charge in [-0.3, -0.25) is 0 Å². The number of hydrogen-bond donors (Lipinski definition) is 0. The van der Waals surface area contributed by atoms with Gasteiger partial charge in [-0.25, -0.2) is 9.66 Å². The van der Waals surface area contributed by atoms with Crippen molar-refractivity contribution in [1.29, 1.82) is 0 Å². The first-order chi connectivity index (χ1) is 12.1. The second kappa shape index (κ2) is 6.60. The maximum absolute atomic E-state index is 6.38. The van der Waals surface area contributed by atoms with E-state index in [1.165, 1.54) is 19.3 Å². The summed E-state index contributed by atoms with van der Waals surface area (Å²) in [5, 5.41) is 1.05. The van der Waals surface area contributed by atoms with Gasteiger partial charge >= 0.3 is 0 Å². The van der Waals surface area contributed by atoms with E-state index in [9.17, 15) is 0 Å². The fraction of sp³-hybridized carbons (Fsp3) is 0.389. The Morgan fingerprint density at radius 1 is 1.16 bits per heavy atom. The standard InChI is InChI=1S/C18H22N3O2PS/c1-20(2)14-8-9-17-15(13-14)19-18(16-7-6-12-22-16)23-24(17,25)21-10-4-3-5-11-21/h6-9,12-13H,3-5,10-11H2,1-2H3/t24-/m1/s1. The third kappa shape index (κ3) is 3.03. The molecule has 2 aromatic rings. The molecule has 0 amide bonds. The van der Waals surface area contributed by atoms with Crippen molar-refractivity contribution in [3.63, 3.8) is 0 Å². The highest BCUT2D eigenvalue weighted by Gasteiger charge is 2.38. The van der Waals surface area contributed by atoms with E-state index in [4.69, 9.17) is 25.7 Å². The van der Waals surface area contributed by atoms with Crippen LogP contribution in [0.25, 0.3) is 0 Å². The summed E-state index contributed by atoms with van der Waals surface area (Å²) >= 11 is 6.17. The first kappa shape index (κ1) is 16.8. The minimum Gasteiger partial charge on any atom is -0.459 e. The number of anilines is 1. The second-order valence-corrected chi connectivity index (χ2v) is 10.3. The van der Waals surface area contributed by atoms with Gasteiger partial charge in [0, 0.05) is 32.9 Å². The van der Waals surface area contributed by atoms with Crippen LogP contribution in [-0.4, -0.2) is 37.8 Å². The van der Waals surface area contributed by atoms with Crippen LogP contribution in [0.5, 0.6) is 0 Å². The van der Waals surface area contributed by atoms with E-state index in [-0.39, 0.29) is 0 Å². The van der Waals surface area contributed by atoms with Crippen LogP contribution in [0.2, 0.25) is 0 Å². The lowest BCUT2D eigenvalue weighted by molar-refractivity contribution is 0.344. The number of rotatable bonds is 3. The minimum absolute atomic E-state index is 0.502. The number of hydrogen-bond acceptors (Lipinski definition) is 5. The largest absolute Gasteiger partial charge is 0.459 e. The number of fused-ring (bicyclic) bond motifs is 1. The first-order valence-corrected chi connectivity index (χ1v) is 11.2. The summed E-state index contributed by atoms with van der Waals surface area (Å²) in [7, 11) is 4.05. The van der Waals surface area contributed by atoms with Crippen LogP contribution in [0.4, 0.5) is 11.4 Å². The lowest BCUT2D eigenvalue weighted by Crippen LogP contribution is -2.34. The van der Waals surface area contributed by atoms with E-state index in [0.29, 0.717) is 11.7 Å². The van der Waals surface area contributed by atoms with Crippen molar-refractivity contribution in [2.24, 2.45) is 4.99 Å². The molecule has 0 unspecified atom stereocenters. The van der Waals surface area contributed by atoms with Gasteiger partial charge in [-0.15, -0.1) is 0 Å². The molecule has 1 aromatic heterocycles. The minimum atomic E-state index is -2.37. The van der Waals surface area contributed by atoms with Gasteiger partial charge in [-0.1, -0.05) is 6.42 Å². The molecular weight excluding hydrogens is 353 g/mol. The van der Waals surface area contributed by atoms with Crippen LogP contribution >= 0.6 is 6.42 Å². The highest BCUT2D eigenvalue weighted by molar-refractivity contribution is 8.15. The van der Waals surface area contributed by atoms with Gasteiger partial charge in [-0.05, 0) is 55.0 Å². The molecule has 25 heavy (non-hydrogen) atoms. The van der Waals surface area contributed by atoms with E-state index in [1.54, 1.807) is 6.26 Å². The van der Waals surface area contributed by atoms with E-state index in [1.807, 2.05) is 26.2 Å². The molecule has 1 atom stereocenters. The van der Waals surface area contributed by atoms with Crippen molar-refractivity contribution < 1.29 is 8.94 Å². The molecule has 0 N–H and O–H groups in total. The molecule has 1 saturated heterocycles. The molecule has 7 heteroatoms. The number of aliphatic imine (C=N–C) groups is 1. The molecule has 2 aliphatic heterocycles. The summed E-state index contributed by atoms with van der Waals surface area (Å²) in [6, 6.07) is 10.0. The zero-order chi connectivity index (χ0) is 17.4. The van der Waals surface area contributed by atoms with Crippen molar-refractivity contribution >= 4 is 40.8 Å². The van der Waals surface area contributed by atoms with Crippen LogP contribution in [0.15, 0.2) is 46.0 Å². The maximum atomic E-state index is 6.38. The molecule has 132 valence electrons. The Kier molecular flexibility index (Phi) is 4.44. The SMILES string of the molecule is CN(C)c1ccc2c(c1)N=C(c1ccco1)O[P@]2(=S)N1CCCCC1. The van der Waals surface area contributed by atoms with E-state index in [2.05, 4.69) is 27.8 Å². The molecule has 0 aliphatic carbocycles. The summed E-state index contributed by atoms with van der Waals surface area (Å²) in [6.45, 7) is 1.97.